The molecule has 0 radical (unpaired) electrons. The van der Waals surface area contributed by atoms with Gasteiger partial charge in [-0.05, 0) is 36.8 Å². The first-order valence-corrected chi connectivity index (χ1v) is 10.4. The molecular formula is C22H23BrN4O2. The van der Waals surface area contributed by atoms with Crippen molar-refractivity contribution in [1.82, 2.24) is 19.7 Å². The lowest BCUT2D eigenvalue weighted by Gasteiger charge is -2.07. The van der Waals surface area contributed by atoms with Crippen LogP contribution in [0.4, 0.5) is 0 Å². The molecule has 7 heteroatoms. The summed E-state index contributed by atoms with van der Waals surface area (Å²) < 4.78 is 9.89. The minimum Gasteiger partial charge on any atom is -0.465 e. The summed E-state index contributed by atoms with van der Waals surface area (Å²) in [5.74, 6) is -0.365. The van der Waals surface area contributed by atoms with Gasteiger partial charge in [-0.15, -0.1) is 0 Å². The maximum absolute atomic E-state index is 11.5. The largest absolute Gasteiger partial charge is 0.465 e. The Morgan fingerprint density at radius 2 is 2.03 bits per heavy atom. The number of esters is 1. The van der Waals surface area contributed by atoms with E-state index >= 15 is 0 Å². The van der Waals surface area contributed by atoms with E-state index in [-0.39, 0.29) is 5.97 Å². The molecule has 0 fully saturated rings. The summed E-state index contributed by atoms with van der Waals surface area (Å²) in [5.41, 5.74) is 4.22. The second-order valence-electron chi connectivity index (χ2n) is 6.92. The van der Waals surface area contributed by atoms with Gasteiger partial charge in [-0.2, -0.15) is 5.10 Å². The summed E-state index contributed by atoms with van der Waals surface area (Å²) in [6.45, 7) is 5.32. The highest BCUT2D eigenvalue weighted by molar-refractivity contribution is 9.10. The van der Waals surface area contributed by atoms with Crippen molar-refractivity contribution in [2.75, 3.05) is 13.7 Å². The van der Waals surface area contributed by atoms with Crippen LogP contribution in [0.25, 0.3) is 21.8 Å². The molecule has 4 rings (SSSR count). The molecule has 150 valence electrons. The third kappa shape index (κ3) is 3.93. The van der Waals surface area contributed by atoms with Gasteiger partial charge in [0.2, 0.25) is 0 Å². The van der Waals surface area contributed by atoms with Gasteiger partial charge >= 0.3 is 5.97 Å². The van der Waals surface area contributed by atoms with Gasteiger partial charge in [0.05, 0.1) is 30.9 Å². The smallest absolute Gasteiger partial charge is 0.341 e. The second kappa shape index (κ2) is 8.39. The van der Waals surface area contributed by atoms with Crippen molar-refractivity contribution >= 4 is 43.7 Å². The number of hydrogen-bond donors (Lipinski definition) is 1. The molecule has 4 aromatic rings. The van der Waals surface area contributed by atoms with Crippen molar-refractivity contribution in [3.05, 3.63) is 64.4 Å². The SMILES string of the molecule is CCn1c2ccc(CNCCn3cc(C(=O)OC)cn3)cc2c2ccc(Br)cc21. The average molecular weight is 455 g/mol. The van der Waals surface area contributed by atoms with Crippen molar-refractivity contribution in [2.45, 2.75) is 26.6 Å². The summed E-state index contributed by atoms with van der Waals surface area (Å²) >= 11 is 3.59. The average Bonchev–Trinajstić information content (AvgIpc) is 3.32. The second-order valence-corrected chi connectivity index (χ2v) is 7.83. The normalized spacial score (nSPS) is 11.4. The molecule has 0 saturated heterocycles. The fraction of sp³-hybridized carbons (Fsp3) is 0.273. The first-order valence-electron chi connectivity index (χ1n) is 9.62. The number of fused-ring (bicyclic) bond motifs is 3. The summed E-state index contributed by atoms with van der Waals surface area (Å²) in [6.07, 6.45) is 3.24. The van der Waals surface area contributed by atoms with E-state index in [0.29, 0.717) is 12.1 Å². The molecule has 2 aromatic carbocycles. The number of carbonyl (C=O) groups is 1. The summed E-state index contributed by atoms with van der Waals surface area (Å²) in [6, 6.07) is 13.1. The molecule has 1 N–H and O–H groups in total. The van der Waals surface area contributed by atoms with Crippen LogP contribution in [0.2, 0.25) is 0 Å². The van der Waals surface area contributed by atoms with Crippen LogP contribution in [0.15, 0.2) is 53.3 Å². The molecule has 0 atom stereocenters. The van der Waals surface area contributed by atoms with Gasteiger partial charge in [0, 0.05) is 46.6 Å². The monoisotopic (exact) mass is 454 g/mol. The molecular weight excluding hydrogens is 432 g/mol. The van der Waals surface area contributed by atoms with Crippen LogP contribution >= 0.6 is 15.9 Å². The molecule has 0 amide bonds. The molecule has 0 saturated carbocycles. The van der Waals surface area contributed by atoms with Crippen molar-refractivity contribution in [1.29, 1.82) is 0 Å². The first-order chi connectivity index (χ1) is 14.1. The minimum atomic E-state index is -0.365. The number of nitrogens with one attached hydrogen (secondary N) is 1. The lowest BCUT2D eigenvalue weighted by molar-refractivity contribution is 0.0600. The lowest BCUT2D eigenvalue weighted by Crippen LogP contribution is -2.19. The van der Waals surface area contributed by atoms with Gasteiger partial charge in [0.1, 0.15) is 0 Å². The third-order valence-corrected chi connectivity index (χ3v) is 5.60. The van der Waals surface area contributed by atoms with Crippen molar-refractivity contribution in [2.24, 2.45) is 0 Å². The molecule has 0 aliphatic heterocycles. The van der Waals surface area contributed by atoms with E-state index in [1.165, 1.54) is 40.7 Å². The number of aryl methyl sites for hydroxylation is 1. The van der Waals surface area contributed by atoms with E-state index in [0.717, 1.165) is 24.1 Å². The Morgan fingerprint density at radius 1 is 1.17 bits per heavy atom. The number of aromatic nitrogens is 3. The Hall–Kier alpha value is -2.64. The number of carbonyl (C=O) groups excluding carboxylic acids is 1. The molecule has 0 bridgehead atoms. The predicted molar refractivity (Wildman–Crippen MR) is 118 cm³/mol. The molecule has 0 spiro atoms. The van der Waals surface area contributed by atoms with Gasteiger partial charge in [-0.1, -0.05) is 28.1 Å². The highest BCUT2D eigenvalue weighted by Crippen LogP contribution is 2.31. The molecule has 0 unspecified atom stereocenters. The Kier molecular flexibility index (Phi) is 5.69. The number of nitrogens with zero attached hydrogens (tertiary/aromatic N) is 3. The maximum atomic E-state index is 11.5. The summed E-state index contributed by atoms with van der Waals surface area (Å²) in [7, 11) is 1.37. The number of rotatable bonds is 7. The van der Waals surface area contributed by atoms with Crippen LogP contribution in [0.5, 0.6) is 0 Å². The Labute approximate surface area is 177 Å². The molecule has 2 aromatic heterocycles. The topological polar surface area (TPSA) is 61.1 Å². The lowest BCUT2D eigenvalue weighted by atomic mass is 10.1. The van der Waals surface area contributed by atoms with Crippen LogP contribution in [0.3, 0.4) is 0 Å². The maximum Gasteiger partial charge on any atom is 0.341 e. The first kappa shape index (κ1) is 19.7. The van der Waals surface area contributed by atoms with Crippen LogP contribution in [-0.4, -0.2) is 34.0 Å². The van der Waals surface area contributed by atoms with Crippen LogP contribution in [0, 0.1) is 0 Å². The predicted octanol–water partition coefficient (Wildman–Crippen LogP) is 4.35. The summed E-state index contributed by atoms with van der Waals surface area (Å²) in [5, 5.41) is 10.2. The van der Waals surface area contributed by atoms with Gasteiger partial charge in [-0.25, -0.2) is 4.79 Å². The zero-order chi connectivity index (χ0) is 20.4. The minimum absolute atomic E-state index is 0.365. The van der Waals surface area contributed by atoms with Crippen LogP contribution in [-0.2, 0) is 24.4 Å². The fourth-order valence-corrected chi connectivity index (χ4v) is 4.06. The van der Waals surface area contributed by atoms with E-state index in [1.54, 1.807) is 10.9 Å². The molecule has 6 nitrogen and oxygen atoms in total. The van der Waals surface area contributed by atoms with Crippen molar-refractivity contribution in [3.63, 3.8) is 0 Å². The highest BCUT2D eigenvalue weighted by Gasteiger charge is 2.11. The van der Waals surface area contributed by atoms with Gasteiger partial charge in [-0.3, -0.25) is 4.68 Å². The van der Waals surface area contributed by atoms with E-state index in [1.807, 2.05) is 0 Å². The molecule has 29 heavy (non-hydrogen) atoms. The Balaban J connectivity index is 1.45. The van der Waals surface area contributed by atoms with Crippen molar-refractivity contribution < 1.29 is 9.53 Å². The van der Waals surface area contributed by atoms with E-state index in [2.05, 4.69) is 74.2 Å². The van der Waals surface area contributed by atoms with Crippen LogP contribution < -0.4 is 5.32 Å². The summed E-state index contributed by atoms with van der Waals surface area (Å²) in [4.78, 5) is 11.5. The standard InChI is InChI=1S/C22H23BrN4O2/c1-3-27-20-7-4-15(10-19(20)18-6-5-17(23)11-21(18)27)12-24-8-9-26-14-16(13-25-26)22(28)29-2/h4-7,10-11,13-14,24H,3,8-9,12H2,1-2H3. The third-order valence-electron chi connectivity index (χ3n) is 5.11. The zero-order valence-electron chi connectivity index (χ0n) is 16.5. The number of hydrogen-bond acceptors (Lipinski definition) is 4. The zero-order valence-corrected chi connectivity index (χ0v) is 18.1. The van der Waals surface area contributed by atoms with Gasteiger partial charge < -0.3 is 14.6 Å². The highest BCUT2D eigenvalue weighted by atomic mass is 79.9. The number of methoxy groups -OCH3 is 1. The number of ether oxygens (including phenoxy) is 1. The number of halogens is 1. The Bertz CT molecular complexity index is 1180. The van der Waals surface area contributed by atoms with E-state index < -0.39 is 0 Å². The number of benzene rings is 2. The van der Waals surface area contributed by atoms with E-state index in [9.17, 15) is 4.79 Å². The molecule has 2 heterocycles. The van der Waals surface area contributed by atoms with Crippen molar-refractivity contribution in [3.8, 4) is 0 Å². The molecule has 0 aliphatic carbocycles. The molecule has 0 aliphatic rings. The Morgan fingerprint density at radius 3 is 2.83 bits per heavy atom. The van der Waals surface area contributed by atoms with Gasteiger partial charge in [0.15, 0.2) is 0 Å². The van der Waals surface area contributed by atoms with Gasteiger partial charge in [0.25, 0.3) is 0 Å². The van der Waals surface area contributed by atoms with E-state index in [4.69, 9.17) is 4.74 Å². The fourth-order valence-electron chi connectivity index (χ4n) is 3.71. The van der Waals surface area contributed by atoms with Crippen LogP contribution in [0.1, 0.15) is 22.8 Å². The quantitative estimate of drug-likeness (QED) is 0.333.